The molecule has 28 heavy (non-hydrogen) atoms. The summed E-state index contributed by atoms with van der Waals surface area (Å²) in [4.78, 5) is 28.7. The van der Waals surface area contributed by atoms with Crippen LogP contribution in [0.1, 0.15) is 33.5 Å². The molecule has 7 heteroatoms. The van der Waals surface area contributed by atoms with Crippen LogP contribution in [-0.4, -0.2) is 23.4 Å². The van der Waals surface area contributed by atoms with E-state index in [0.29, 0.717) is 23.6 Å². The first-order chi connectivity index (χ1) is 13.6. The van der Waals surface area contributed by atoms with Gasteiger partial charge in [0, 0.05) is 17.4 Å². The Hall–Kier alpha value is -3.19. The van der Waals surface area contributed by atoms with Crippen molar-refractivity contribution in [3.8, 4) is 5.75 Å². The summed E-state index contributed by atoms with van der Waals surface area (Å²) in [7, 11) is 0. The third kappa shape index (κ3) is 5.65. The Morgan fingerprint density at radius 1 is 1.04 bits per heavy atom. The van der Waals surface area contributed by atoms with Gasteiger partial charge in [0.1, 0.15) is 5.75 Å². The lowest BCUT2D eigenvalue weighted by Crippen LogP contribution is -2.42. The van der Waals surface area contributed by atoms with E-state index >= 15 is 0 Å². The van der Waals surface area contributed by atoms with Crippen LogP contribution < -0.4 is 15.6 Å². The fourth-order valence-electron chi connectivity index (χ4n) is 2.56. The van der Waals surface area contributed by atoms with Crippen molar-refractivity contribution in [1.82, 2.24) is 15.8 Å². The summed E-state index contributed by atoms with van der Waals surface area (Å²) >= 11 is 1.52. The van der Waals surface area contributed by atoms with E-state index in [2.05, 4.69) is 15.8 Å². The quantitative estimate of drug-likeness (QED) is 0.603. The van der Waals surface area contributed by atoms with Gasteiger partial charge in [-0.05, 0) is 36.8 Å². The molecule has 0 fully saturated rings. The fourth-order valence-corrected chi connectivity index (χ4v) is 3.39. The molecule has 0 saturated carbocycles. The maximum absolute atomic E-state index is 12.1. The highest BCUT2D eigenvalue weighted by Crippen LogP contribution is 2.15. The monoisotopic (exact) mass is 395 g/mol. The van der Waals surface area contributed by atoms with E-state index in [9.17, 15) is 9.59 Å². The smallest absolute Gasteiger partial charge is 0.269 e. The number of carbonyl (C=O) groups is 2. The Labute approximate surface area is 167 Å². The molecular weight excluding hydrogens is 374 g/mol. The zero-order valence-corrected chi connectivity index (χ0v) is 16.3. The van der Waals surface area contributed by atoms with Crippen molar-refractivity contribution >= 4 is 23.2 Å². The van der Waals surface area contributed by atoms with Crippen LogP contribution in [0.25, 0.3) is 0 Å². The molecule has 6 nitrogen and oxygen atoms in total. The highest BCUT2D eigenvalue weighted by Gasteiger charge is 2.11. The third-order valence-electron chi connectivity index (χ3n) is 3.88. The number of nitrogens with one attached hydrogen (secondary N) is 2. The molecule has 2 aromatic carbocycles. The van der Waals surface area contributed by atoms with E-state index in [1.165, 1.54) is 16.9 Å². The first-order valence-electron chi connectivity index (χ1n) is 8.93. The number of hydrazine groups is 1. The molecule has 1 heterocycles. The highest BCUT2D eigenvalue weighted by molar-refractivity contribution is 7.09. The molecule has 1 aromatic heterocycles. The summed E-state index contributed by atoms with van der Waals surface area (Å²) in [5.74, 6) is -0.0202. The standard InChI is InChI=1S/C21H21N3O3S/c1-2-27-18-10-8-16(9-11-18)21(26)24-23-19(25)13-17-14-28-20(22-17)12-15-6-4-3-5-7-15/h3-11,14H,2,12-13H2,1H3,(H,23,25)(H,24,26). The number of nitrogens with zero attached hydrogens (tertiary/aromatic N) is 1. The van der Waals surface area contributed by atoms with Gasteiger partial charge in [0.25, 0.3) is 5.91 Å². The van der Waals surface area contributed by atoms with Gasteiger partial charge in [0.15, 0.2) is 0 Å². The van der Waals surface area contributed by atoms with Crippen LogP contribution >= 0.6 is 11.3 Å². The van der Waals surface area contributed by atoms with E-state index < -0.39 is 0 Å². The summed E-state index contributed by atoms with van der Waals surface area (Å²) in [5, 5.41) is 2.82. The van der Waals surface area contributed by atoms with Crippen molar-refractivity contribution in [2.75, 3.05) is 6.61 Å². The van der Waals surface area contributed by atoms with E-state index in [4.69, 9.17) is 4.74 Å². The van der Waals surface area contributed by atoms with Crippen LogP contribution in [0.2, 0.25) is 0 Å². The maximum Gasteiger partial charge on any atom is 0.269 e. The molecular formula is C21H21N3O3S. The van der Waals surface area contributed by atoms with Gasteiger partial charge >= 0.3 is 0 Å². The number of rotatable bonds is 7. The van der Waals surface area contributed by atoms with Gasteiger partial charge < -0.3 is 4.74 Å². The SMILES string of the molecule is CCOc1ccc(C(=O)NNC(=O)Cc2csc(Cc3ccccc3)n2)cc1. The molecule has 0 bridgehead atoms. The van der Waals surface area contributed by atoms with Gasteiger partial charge in [-0.2, -0.15) is 0 Å². The Balaban J connectivity index is 1.47. The van der Waals surface area contributed by atoms with Gasteiger partial charge in [-0.1, -0.05) is 30.3 Å². The minimum absolute atomic E-state index is 0.106. The lowest BCUT2D eigenvalue weighted by Gasteiger charge is -2.07. The number of hydrogen-bond donors (Lipinski definition) is 2. The molecule has 0 radical (unpaired) electrons. The first-order valence-corrected chi connectivity index (χ1v) is 9.81. The number of aromatic nitrogens is 1. The summed E-state index contributed by atoms with van der Waals surface area (Å²) in [6.45, 7) is 2.45. The number of benzene rings is 2. The second-order valence-corrected chi connectivity index (χ2v) is 6.97. The van der Waals surface area contributed by atoms with Gasteiger partial charge in [-0.3, -0.25) is 20.4 Å². The Bertz CT molecular complexity index is 924. The van der Waals surface area contributed by atoms with Gasteiger partial charge in [-0.15, -0.1) is 11.3 Å². The molecule has 0 aliphatic heterocycles. The van der Waals surface area contributed by atoms with E-state index in [1.54, 1.807) is 24.3 Å². The van der Waals surface area contributed by atoms with E-state index in [0.717, 1.165) is 11.4 Å². The average molecular weight is 395 g/mol. The van der Waals surface area contributed by atoms with Crippen LogP contribution in [0.15, 0.2) is 60.0 Å². The molecule has 0 aliphatic rings. The second kappa shape index (κ2) is 9.66. The number of carbonyl (C=O) groups excluding carboxylic acids is 2. The summed E-state index contributed by atoms with van der Waals surface area (Å²) in [6.07, 6.45) is 0.844. The predicted octanol–water partition coefficient (Wildman–Crippen LogP) is 3.14. The first kappa shape index (κ1) is 19.6. The molecule has 0 unspecified atom stereocenters. The lowest BCUT2D eigenvalue weighted by atomic mass is 10.2. The van der Waals surface area contributed by atoms with Gasteiger partial charge in [0.05, 0.1) is 23.7 Å². The van der Waals surface area contributed by atoms with Crippen LogP contribution in [0.5, 0.6) is 5.75 Å². The Morgan fingerprint density at radius 3 is 2.50 bits per heavy atom. The highest BCUT2D eigenvalue weighted by atomic mass is 32.1. The predicted molar refractivity (Wildman–Crippen MR) is 108 cm³/mol. The number of hydrogen-bond acceptors (Lipinski definition) is 5. The van der Waals surface area contributed by atoms with Crippen molar-refractivity contribution in [3.63, 3.8) is 0 Å². The zero-order valence-electron chi connectivity index (χ0n) is 15.5. The topological polar surface area (TPSA) is 80.3 Å². The molecule has 0 spiro atoms. The van der Waals surface area contributed by atoms with E-state index in [1.807, 2.05) is 42.6 Å². The maximum atomic E-state index is 12.1. The summed E-state index contributed by atoms with van der Waals surface area (Å²) < 4.78 is 5.34. The summed E-state index contributed by atoms with van der Waals surface area (Å²) in [5.41, 5.74) is 7.13. The molecule has 0 saturated heterocycles. The molecule has 2 amide bonds. The van der Waals surface area contributed by atoms with Crippen molar-refractivity contribution in [1.29, 1.82) is 0 Å². The number of thiazole rings is 1. The molecule has 144 valence electrons. The minimum atomic E-state index is -0.389. The summed E-state index contributed by atoms with van der Waals surface area (Å²) in [6, 6.07) is 16.8. The molecule has 0 aliphatic carbocycles. The molecule has 2 N–H and O–H groups in total. The third-order valence-corrected chi connectivity index (χ3v) is 4.78. The van der Waals surface area contributed by atoms with Crippen LogP contribution in [0.4, 0.5) is 0 Å². The van der Waals surface area contributed by atoms with E-state index in [-0.39, 0.29) is 18.2 Å². The normalized spacial score (nSPS) is 10.3. The second-order valence-electron chi connectivity index (χ2n) is 6.03. The van der Waals surface area contributed by atoms with Crippen LogP contribution in [-0.2, 0) is 17.6 Å². The largest absolute Gasteiger partial charge is 0.494 e. The molecule has 3 aromatic rings. The molecule has 3 rings (SSSR count). The van der Waals surface area contributed by atoms with Crippen molar-refractivity contribution in [3.05, 3.63) is 81.8 Å². The fraction of sp³-hybridized carbons (Fsp3) is 0.190. The zero-order chi connectivity index (χ0) is 19.8. The van der Waals surface area contributed by atoms with Gasteiger partial charge in [0.2, 0.25) is 5.91 Å². The average Bonchev–Trinajstić information content (AvgIpc) is 3.14. The Kier molecular flexibility index (Phi) is 6.75. The van der Waals surface area contributed by atoms with Crippen molar-refractivity contribution in [2.24, 2.45) is 0 Å². The van der Waals surface area contributed by atoms with Crippen LogP contribution in [0, 0.1) is 0 Å². The Morgan fingerprint density at radius 2 is 1.79 bits per heavy atom. The number of ether oxygens (including phenoxy) is 1. The minimum Gasteiger partial charge on any atom is -0.494 e. The lowest BCUT2D eigenvalue weighted by molar-refractivity contribution is -0.121. The van der Waals surface area contributed by atoms with Crippen molar-refractivity contribution in [2.45, 2.75) is 19.8 Å². The van der Waals surface area contributed by atoms with Crippen LogP contribution in [0.3, 0.4) is 0 Å². The van der Waals surface area contributed by atoms with Gasteiger partial charge in [-0.25, -0.2) is 4.98 Å². The molecule has 0 atom stereocenters. The number of amides is 2. The van der Waals surface area contributed by atoms with Crippen molar-refractivity contribution < 1.29 is 14.3 Å².